The summed E-state index contributed by atoms with van der Waals surface area (Å²) in [5.74, 6) is 2.34. The van der Waals surface area contributed by atoms with Gasteiger partial charge < -0.3 is 10.4 Å². The summed E-state index contributed by atoms with van der Waals surface area (Å²) < 4.78 is 0. The van der Waals surface area contributed by atoms with Crippen molar-refractivity contribution in [3.8, 4) is 5.75 Å². The Balaban J connectivity index is 2.17. The van der Waals surface area contributed by atoms with Crippen LogP contribution in [0.2, 0.25) is 0 Å². The van der Waals surface area contributed by atoms with Crippen LogP contribution in [0.3, 0.4) is 0 Å². The lowest BCUT2D eigenvalue weighted by molar-refractivity contribution is 0.269. The predicted molar refractivity (Wildman–Crippen MR) is 88.0 cm³/mol. The maximum atomic E-state index is 10.9. The van der Waals surface area contributed by atoms with Gasteiger partial charge in [0, 0.05) is 11.6 Å². The van der Waals surface area contributed by atoms with E-state index < -0.39 is 0 Å². The number of aromatic hydroxyl groups is 1. The van der Waals surface area contributed by atoms with Crippen LogP contribution in [-0.2, 0) is 0 Å². The average molecular weight is 287 g/mol. The molecule has 0 radical (unpaired) electrons. The van der Waals surface area contributed by atoms with E-state index in [4.69, 9.17) is 0 Å². The average Bonchev–Trinajstić information content (AvgIpc) is 2.85. The zero-order valence-corrected chi connectivity index (χ0v) is 13.9. The van der Waals surface area contributed by atoms with Crippen molar-refractivity contribution in [3.63, 3.8) is 0 Å². The standard InChI is InChI=1S/C19H29NO/c1-5-11(2)15-10-12(3)16-13-8-6-7-9-14(13)18(20-4)17(16)19(15)21/h10-11,13-14,18,20-21H,5-9H2,1-4H3. The van der Waals surface area contributed by atoms with E-state index in [0.29, 0.717) is 29.5 Å². The van der Waals surface area contributed by atoms with Gasteiger partial charge in [0.1, 0.15) is 5.75 Å². The van der Waals surface area contributed by atoms with Gasteiger partial charge in [0.25, 0.3) is 0 Å². The molecule has 0 spiro atoms. The van der Waals surface area contributed by atoms with Crippen LogP contribution >= 0.6 is 0 Å². The van der Waals surface area contributed by atoms with Crippen molar-refractivity contribution in [1.82, 2.24) is 5.32 Å². The molecule has 1 aromatic carbocycles. The van der Waals surface area contributed by atoms with E-state index in [-0.39, 0.29) is 0 Å². The van der Waals surface area contributed by atoms with Crippen molar-refractivity contribution < 1.29 is 5.11 Å². The summed E-state index contributed by atoms with van der Waals surface area (Å²) in [6, 6.07) is 2.60. The fourth-order valence-electron chi connectivity index (χ4n) is 4.77. The van der Waals surface area contributed by atoms with Crippen molar-refractivity contribution in [2.45, 2.75) is 70.8 Å². The van der Waals surface area contributed by atoms with Crippen LogP contribution in [0.5, 0.6) is 5.75 Å². The number of rotatable bonds is 3. The first-order valence-electron chi connectivity index (χ1n) is 8.63. The minimum atomic E-state index is 0.341. The highest BCUT2D eigenvalue weighted by atomic mass is 16.3. The lowest BCUT2D eigenvalue weighted by Gasteiger charge is -2.29. The number of hydrogen-bond acceptors (Lipinski definition) is 2. The van der Waals surface area contributed by atoms with Crippen LogP contribution < -0.4 is 5.32 Å². The van der Waals surface area contributed by atoms with Gasteiger partial charge in [-0.1, -0.05) is 32.8 Å². The zero-order chi connectivity index (χ0) is 15.1. The predicted octanol–water partition coefficient (Wildman–Crippen LogP) is 4.76. The number of hydrogen-bond donors (Lipinski definition) is 2. The first-order chi connectivity index (χ1) is 10.1. The molecule has 2 aliphatic carbocycles. The Morgan fingerprint density at radius 3 is 2.67 bits per heavy atom. The molecule has 0 saturated heterocycles. The van der Waals surface area contributed by atoms with Gasteiger partial charge in [0.05, 0.1) is 0 Å². The van der Waals surface area contributed by atoms with Crippen molar-refractivity contribution in [1.29, 1.82) is 0 Å². The highest BCUT2D eigenvalue weighted by molar-refractivity contribution is 5.57. The highest BCUT2D eigenvalue weighted by Gasteiger charge is 2.44. The molecule has 1 saturated carbocycles. The number of fused-ring (bicyclic) bond motifs is 3. The topological polar surface area (TPSA) is 32.3 Å². The SMILES string of the molecule is CCC(C)c1cc(C)c2c(c1O)C(NC)C1CCCCC21. The molecule has 2 nitrogen and oxygen atoms in total. The van der Waals surface area contributed by atoms with Gasteiger partial charge in [-0.3, -0.25) is 0 Å². The van der Waals surface area contributed by atoms with E-state index in [1.807, 2.05) is 0 Å². The fourth-order valence-corrected chi connectivity index (χ4v) is 4.77. The Labute approximate surface area is 129 Å². The summed E-state index contributed by atoms with van der Waals surface area (Å²) in [7, 11) is 2.05. The first-order valence-corrected chi connectivity index (χ1v) is 8.63. The van der Waals surface area contributed by atoms with Crippen molar-refractivity contribution >= 4 is 0 Å². The molecule has 2 N–H and O–H groups in total. The summed E-state index contributed by atoms with van der Waals surface area (Å²) in [6.07, 6.45) is 6.33. The van der Waals surface area contributed by atoms with Gasteiger partial charge in [0.2, 0.25) is 0 Å². The van der Waals surface area contributed by atoms with Crippen molar-refractivity contribution in [3.05, 3.63) is 28.3 Å². The third kappa shape index (κ3) is 2.19. The van der Waals surface area contributed by atoms with Gasteiger partial charge in [-0.15, -0.1) is 0 Å². The van der Waals surface area contributed by atoms with E-state index in [2.05, 4.69) is 39.2 Å². The largest absolute Gasteiger partial charge is 0.507 e. The molecule has 3 rings (SSSR count). The Morgan fingerprint density at radius 1 is 1.29 bits per heavy atom. The van der Waals surface area contributed by atoms with E-state index in [1.54, 1.807) is 0 Å². The molecule has 4 unspecified atom stereocenters. The van der Waals surface area contributed by atoms with E-state index in [0.717, 1.165) is 12.0 Å². The first kappa shape index (κ1) is 14.9. The lowest BCUT2D eigenvalue weighted by atomic mass is 9.77. The Kier molecular flexibility index (Phi) is 4.00. The molecule has 0 heterocycles. The number of benzene rings is 1. The van der Waals surface area contributed by atoms with Crippen molar-refractivity contribution in [2.75, 3.05) is 7.05 Å². The van der Waals surface area contributed by atoms with Gasteiger partial charge in [-0.05, 0) is 67.7 Å². The molecule has 116 valence electrons. The van der Waals surface area contributed by atoms with Crippen LogP contribution in [0, 0.1) is 12.8 Å². The minimum absolute atomic E-state index is 0.341. The Hall–Kier alpha value is -1.02. The number of nitrogens with one attached hydrogen (secondary N) is 1. The monoisotopic (exact) mass is 287 g/mol. The summed E-state index contributed by atoms with van der Waals surface area (Å²) in [6.45, 7) is 6.66. The van der Waals surface area contributed by atoms with Gasteiger partial charge >= 0.3 is 0 Å². The van der Waals surface area contributed by atoms with E-state index >= 15 is 0 Å². The van der Waals surface area contributed by atoms with Crippen LogP contribution in [0.25, 0.3) is 0 Å². The maximum Gasteiger partial charge on any atom is 0.124 e. The van der Waals surface area contributed by atoms with Gasteiger partial charge in [-0.25, -0.2) is 0 Å². The smallest absolute Gasteiger partial charge is 0.124 e. The molecule has 0 aliphatic heterocycles. The molecule has 1 fully saturated rings. The van der Waals surface area contributed by atoms with Crippen LogP contribution in [0.4, 0.5) is 0 Å². The second-order valence-electron chi connectivity index (χ2n) is 7.09. The Morgan fingerprint density at radius 2 is 2.00 bits per heavy atom. The molecule has 0 aromatic heterocycles. The zero-order valence-electron chi connectivity index (χ0n) is 13.9. The van der Waals surface area contributed by atoms with Gasteiger partial charge in [0.15, 0.2) is 0 Å². The summed E-state index contributed by atoms with van der Waals surface area (Å²) in [4.78, 5) is 0. The minimum Gasteiger partial charge on any atom is -0.507 e. The summed E-state index contributed by atoms with van der Waals surface area (Å²) in [5, 5.41) is 14.5. The molecule has 4 atom stereocenters. The van der Waals surface area contributed by atoms with Crippen LogP contribution in [0.15, 0.2) is 6.07 Å². The third-order valence-corrected chi connectivity index (χ3v) is 6.00. The second-order valence-corrected chi connectivity index (χ2v) is 7.09. The molecule has 1 aromatic rings. The van der Waals surface area contributed by atoms with E-state index in [9.17, 15) is 5.11 Å². The molecule has 2 heteroatoms. The quantitative estimate of drug-likeness (QED) is 0.840. The number of aryl methyl sites for hydroxylation is 1. The maximum absolute atomic E-state index is 10.9. The number of phenolic OH excluding ortho intramolecular Hbond substituents is 1. The third-order valence-electron chi connectivity index (χ3n) is 6.00. The van der Waals surface area contributed by atoms with Crippen LogP contribution in [0.1, 0.15) is 86.1 Å². The summed E-state index contributed by atoms with van der Waals surface area (Å²) >= 11 is 0. The molecule has 0 bridgehead atoms. The molecule has 2 aliphatic rings. The van der Waals surface area contributed by atoms with Crippen LogP contribution in [-0.4, -0.2) is 12.2 Å². The highest BCUT2D eigenvalue weighted by Crippen LogP contribution is 2.56. The molecule has 21 heavy (non-hydrogen) atoms. The molecular formula is C19H29NO. The summed E-state index contributed by atoms with van der Waals surface area (Å²) in [5.41, 5.74) is 5.23. The van der Waals surface area contributed by atoms with E-state index in [1.165, 1.54) is 42.4 Å². The lowest BCUT2D eigenvalue weighted by Crippen LogP contribution is -2.25. The normalized spacial score (nSPS) is 29.0. The second kappa shape index (κ2) is 5.64. The molecular weight excluding hydrogens is 258 g/mol. The van der Waals surface area contributed by atoms with Gasteiger partial charge in [-0.2, -0.15) is 0 Å². The molecule has 0 amide bonds. The number of phenols is 1. The Bertz CT molecular complexity index is 537. The van der Waals surface area contributed by atoms with Crippen molar-refractivity contribution in [2.24, 2.45) is 5.92 Å². The fraction of sp³-hybridized carbons (Fsp3) is 0.684.